The van der Waals surface area contributed by atoms with Gasteiger partial charge in [0.15, 0.2) is 0 Å². The topological polar surface area (TPSA) is 141 Å². The van der Waals surface area contributed by atoms with Crippen molar-refractivity contribution in [2.75, 3.05) is 68.7 Å². The fourth-order valence-electron chi connectivity index (χ4n) is 21.1. The average molecular weight is 1710 g/mol. The molecule has 12 amide bonds. The first-order valence-corrected chi connectivity index (χ1v) is 47.0. The highest BCUT2D eigenvalue weighted by molar-refractivity contribution is 6.01. The summed E-state index contributed by atoms with van der Waals surface area (Å²) in [6, 6.07) is 53.2. The summed E-state index contributed by atoms with van der Waals surface area (Å²) in [5.41, 5.74) is 13.3. The summed E-state index contributed by atoms with van der Waals surface area (Å²) in [6.07, 6.45) is 26.7. The number of aryl methyl sites for hydroxylation is 6. The average Bonchev–Trinajstić information content (AvgIpc) is 1.63. The molecule has 6 aromatic rings. The van der Waals surface area contributed by atoms with Crippen molar-refractivity contribution in [1.82, 2.24) is 29.4 Å². The van der Waals surface area contributed by atoms with Gasteiger partial charge >= 0.3 is 36.2 Å². The van der Waals surface area contributed by atoms with Gasteiger partial charge in [-0.3, -0.25) is 29.4 Å². The normalized spacial score (nSPS) is 27.9. The van der Waals surface area contributed by atoms with E-state index in [0.717, 1.165) is 73.4 Å². The van der Waals surface area contributed by atoms with Crippen LogP contribution in [0.25, 0.3) is 0 Å². The Balaban J connectivity index is 0.000000130. The SMILES string of the molecule is Cc1ccc(N2C(=O)N(CC(C)C)[C@H]3[C@H](C)C=C[C@H]32)cc1.Cc1ccc(N2C(=O)N(CC(C)C)[C@H]3[C@H](C)C=C[C@H]32)cc1.Cc1ccc(N2C(=O)N(CC(C)C)[C@H]3[C@H](C)C=C[C@H]32)cc1.Cc1ccc(N2C(=O)N(CC(C)C)[C@H]3[C@H](C)C=C[C@H]32)cc1.Cc1ccc(N2C(=O)N(CC(C)C)[C@H]3[C@H](C)C=C[C@H]32)cc1.Cc1cccc(N2C(=O)N(CC(C)C)[C@H]3[C@H](C)C=C[C@H]32)c1. The predicted octanol–water partition coefficient (Wildman–Crippen LogP) is 23.0. The first-order valence-electron chi connectivity index (χ1n) is 47.0. The largest absolute Gasteiger partial charge is 0.325 e. The number of benzene rings is 6. The van der Waals surface area contributed by atoms with Crippen molar-refractivity contribution in [3.63, 3.8) is 0 Å². The van der Waals surface area contributed by atoms with E-state index >= 15 is 0 Å². The molecule has 18 atom stereocenters. The summed E-state index contributed by atoms with van der Waals surface area (Å²) in [7, 11) is 0. The van der Waals surface area contributed by atoms with Crippen molar-refractivity contribution < 1.29 is 28.8 Å². The molecule has 0 unspecified atom stereocenters. The molecule has 18 heteroatoms. The molecule has 6 aliphatic carbocycles. The van der Waals surface area contributed by atoms with Gasteiger partial charge in [0.1, 0.15) is 0 Å². The van der Waals surface area contributed by atoms with Crippen LogP contribution in [0.1, 0.15) is 158 Å². The zero-order valence-electron chi connectivity index (χ0n) is 79.7. The van der Waals surface area contributed by atoms with Crippen LogP contribution in [-0.4, -0.2) is 177 Å². The zero-order chi connectivity index (χ0) is 90.9. The Morgan fingerprint density at radius 3 is 0.516 bits per heavy atom. The lowest BCUT2D eigenvalue weighted by Gasteiger charge is -2.27. The van der Waals surface area contributed by atoms with Crippen molar-refractivity contribution in [2.45, 2.75) is 239 Å². The van der Waals surface area contributed by atoms with Gasteiger partial charge < -0.3 is 29.4 Å². The third-order valence-corrected chi connectivity index (χ3v) is 26.9. The number of hydrogen-bond acceptors (Lipinski definition) is 6. The molecule has 18 nitrogen and oxygen atoms in total. The standard InChI is InChI=1S/6C18H24N2O/c5*1-12(2)11-19-17-14(4)7-10-16(17)20(18(19)21)15-8-5-13(3)6-9-15;1-12(2)11-19-17-14(4)8-9-16(17)20(18(19)21)15-7-5-6-13(3)10-15/h6*5-10,12,14,16-17H,11H2,1-4H3/t6*14-,16-,17+/m111111/s1. The van der Waals surface area contributed by atoms with E-state index in [1.807, 2.05) is 41.5 Å². The van der Waals surface area contributed by atoms with Gasteiger partial charge in [0.25, 0.3) is 0 Å². The van der Waals surface area contributed by atoms with Crippen LogP contribution in [0, 0.1) is 113 Å². The second-order valence-corrected chi connectivity index (χ2v) is 40.6. The number of hydrogen-bond donors (Lipinski definition) is 0. The van der Waals surface area contributed by atoms with Gasteiger partial charge in [-0.25, -0.2) is 28.8 Å². The molecule has 6 aliphatic heterocycles. The molecular formula is C108H144N12O6. The Hall–Kier alpha value is -10.6. The van der Waals surface area contributed by atoms with Gasteiger partial charge in [-0.15, -0.1) is 0 Å². The van der Waals surface area contributed by atoms with Crippen molar-refractivity contribution in [2.24, 2.45) is 71.0 Å². The molecule has 0 saturated carbocycles. The van der Waals surface area contributed by atoms with Gasteiger partial charge in [-0.2, -0.15) is 0 Å². The minimum atomic E-state index is 0.152. The molecule has 0 bridgehead atoms. The van der Waals surface area contributed by atoms with Crippen LogP contribution in [0.2, 0.25) is 0 Å². The highest BCUT2D eigenvalue weighted by Gasteiger charge is 2.56. The Kier molecular flexibility index (Phi) is 29.0. The molecule has 18 rings (SSSR count). The zero-order valence-corrected chi connectivity index (χ0v) is 79.7. The number of anilines is 6. The van der Waals surface area contributed by atoms with Crippen molar-refractivity contribution in [1.29, 1.82) is 0 Å². The lowest BCUT2D eigenvalue weighted by Crippen LogP contribution is -2.40. The maximum absolute atomic E-state index is 12.9. The molecule has 126 heavy (non-hydrogen) atoms. The molecule has 6 fully saturated rings. The van der Waals surface area contributed by atoms with Crippen LogP contribution >= 0.6 is 0 Å². The number of rotatable bonds is 18. The number of nitrogens with zero attached hydrogens (tertiary/aromatic N) is 12. The second-order valence-electron chi connectivity index (χ2n) is 40.6. The summed E-state index contributed by atoms with van der Waals surface area (Å²) in [6.45, 7) is 56.7. The molecule has 0 N–H and O–H groups in total. The molecule has 0 aromatic heterocycles. The quantitative estimate of drug-likeness (QED) is 0.0785. The van der Waals surface area contributed by atoms with Crippen molar-refractivity contribution in [3.8, 4) is 0 Å². The van der Waals surface area contributed by atoms with E-state index in [1.165, 1.54) is 33.4 Å². The molecule has 6 heterocycles. The highest BCUT2D eigenvalue weighted by Crippen LogP contribution is 2.46. The van der Waals surface area contributed by atoms with E-state index in [1.54, 1.807) is 0 Å². The minimum Gasteiger partial charge on any atom is -0.318 e. The van der Waals surface area contributed by atoms with Crippen LogP contribution in [-0.2, 0) is 0 Å². The van der Waals surface area contributed by atoms with E-state index in [2.05, 4.69) is 402 Å². The lowest BCUT2D eigenvalue weighted by molar-refractivity contribution is 0.185. The van der Waals surface area contributed by atoms with E-state index in [0.29, 0.717) is 71.0 Å². The Morgan fingerprint density at radius 2 is 0.365 bits per heavy atom. The Labute approximate surface area is 754 Å². The number of urea groups is 6. The first-order chi connectivity index (χ1) is 59.9. The number of amides is 12. The second kappa shape index (κ2) is 39.3. The van der Waals surface area contributed by atoms with Crippen molar-refractivity contribution in [3.05, 3.63) is 252 Å². The number of fused-ring (bicyclic) bond motifs is 6. The maximum Gasteiger partial charge on any atom is 0.325 e. The fourth-order valence-corrected chi connectivity index (χ4v) is 21.1. The van der Waals surface area contributed by atoms with Crippen LogP contribution < -0.4 is 29.4 Å². The van der Waals surface area contributed by atoms with Gasteiger partial charge in [-0.1, -0.05) is 298 Å². The third kappa shape index (κ3) is 19.4. The summed E-state index contributed by atoms with van der Waals surface area (Å²) < 4.78 is 0. The fraction of sp³-hybridized carbons (Fsp3) is 0.500. The molecule has 0 spiro atoms. The van der Waals surface area contributed by atoms with Crippen LogP contribution in [0.4, 0.5) is 62.9 Å². The summed E-state index contributed by atoms with van der Waals surface area (Å²) >= 11 is 0. The van der Waals surface area contributed by atoms with Gasteiger partial charge in [0.2, 0.25) is 0 Å². The van der Waals surface area contributed by atoms with Gasteiger partial charge in [-0.05, 0) is 191 Å². The van der Waals surface area contributed by atoms with Crippen molar-refractivity contribution >= 4 is 70.3 Å². The van der Waals surface area contributed by atoms with Crippen LogP contribution in [0.5, 0.6) is 0 Å². The lowest BCUT2D eigenvalue weighted by atomic mass is 10.0. The first kappa shape index (κ1) is 93.0. The molecule has 0 radical (unpaired) electrons. The van der Waals surface area contributed by atoms with Crippen LogP contribution in [0.15, 0.2) is 219 Å². The molecule has 672 valence electrons. The van der Waals surface area contributed by atoms with E-state index < -0.39 is 0 Å². The molecular weight excluding hydrogens is 1560 g/mol. The smallest absolute Gasteiger partial charge is 0.318 e. The highest BCUT2D eigenvalue weighted by atomic mass is 16.2. The van der Waals surface area contributed by atoms with Gasteiger partial charge in [0.05, 0.1) is 72.5 Å². The third-order valence-electron chi connectivity index (χ3n) is 26.9. The predicted molar refractivity (Wildman–Crippen MR) is 519 cm³/mol. The summed E-state index contributed by atoms with van der Waals surface area (Å²) in [5, 5.41) is 0. The van der Waals surface area contributed by atoms with E-state index in [-0.39, 0.29) is 109 Å². The Bertz CT molecular complexity index is 4390. The Morgan fingerprint density at radius 1 is 0.206 bits per heavy atom. The minimum absolute atomic E-state index is 0.152. The number of carbonyl (C=O) groups excluding carboxylic acids is 6. The molecule has 6 aromatic carbocycles. The maximum atomic E-state index is 12.9. The van der Waals surface area contributed by atoms with Gasteiger partial charge in [0, 0.05) is 73.4 Å². The van der Waals surface area contributed by atoms with Crippen LogP contribution in [0.3, 0.4) is 0 Å². The van der Waals surface area contributed by atoms with E-state index in [4.69, 9.17) is 0 Å². The van der Waals surface area contributed by atoms with E-state index in [9.17, 15) is 28.8 Å². The molecule has 6 saturated heterocycles. The summed E-state index contributed by atoms with van der Waals surface area (Å²) in [4.78, 5) is 102. The summed E-state index contributed by atoms with van der Waals surface area (Å²) in [5.74, 6) is 5.46. The molecule has 12 aliphatic rings. The monoisotopic (exact) mass is 1710 g/mol. The number of carbonyl (C=O) groups is 6.